The predicted octanol–water partition coefficient (Wildman–Crippen LogP) is 3.53. The molecular weight excluding hydrogens is 160 g/mol. The van der Waals surface area contributed by atoms with Crippen molar-refractivity contribution in [3.05, 3.63) is 52.2 Å². The summed E-state index contributed by atoms with van der Waals surface area (Å²) in [5.41, 5.74) is 2.42. The van der Waals surface area contributed by atoms with Crippen molar-refractivity contribution >= 4 is 5.69 Å². The first-order valence-corrected chi connectivity index (χ1v) is 4.04. The molecule has 0 radical (unpaired) electrons. The Hall–Kier alpha value is -1.80. The first-order chi connectivity index (χ1) is 6.20. The summed E-state index contributed by atoms with van der Waals surface area (Å²) >= 11 is 0. The number of rotatable bonds is 1. The minimum Gasteiger partial charge on any atom is -0.310 e. The molecule has 0 heterocycles. The highest BCUT2D eigenvalue weighted by atomic mass is 14.7. The molecule has 0 aliphatic heterocycles. The van der Waals surface area contributed by atoms with Crippen LogP contribution in [0, 0.1) is 20.1 Å². The van der Waals surface area contributed by atoms with Crippen molar-refractivity contribution in [3.8, 4) is 0 Å². The van der Waals surface area contributed by atoms with E-state index in [1.54, 1.807) is 0 Å². The van der Waals surface area contributed by atoms with Gasteiger partial charge in [-0.1, -0.05) is 18.2 Å². The lowest BCUT2D eigenvalue weighted by molar-refractivity contribution is 0.964. The van der Waals surface area contributed by atoms with Crippen molar-refractivity contribution in [2.75, 3.05) is 0 Å². The van der Waals surface area contributed by atoms with Gasteiger partial charge in [0, 0.05) is 12.5 Å². The van der Waals surface area contributed by atoms with E-state index in [4.69, 9.17) is 13.1 Å². The fourth-order valence-corrected chi connectivity index (χ4v) is 1.24. The van der Waals surface area contributed by atoms with Crippen LogP contribution in [-0.4, -0.2) is 0 Å². The second-order valence-corrected chi connectivity index (χ2v) is 2.93. The van der Waals surface area contributed by atoms with Gasteiger partial charge >= 0.3 is 0 Å². The summed E-state index contributed by atoms with van der Waals surface area (Å²) < 4.78 is 0. The third kappa shape index (κ3) is 1.68. The van der Waals surface area contributed by atoms with E-state index in [9.17, 15) is 0 Å². The average molecular weight is 170 g/mol. The molecule has 0 spiro atoms. The second kappa shape index (κ2) is 3.74. The maximum Gasteiger partial charge on any atom is 0.237 e. The van der Waals surface area contributed by atoms with Crippen LogP contribution in [0.5, 0.6) is 0 Å². The Morgan fingerprint density at radius 2 is 2.00 bits per heavy atom. The van der Waals surface area contributed by atoms with Crippen LogP contribution in [0.1, 0.15) is 24.1 Å². The van der Waals surface area contributed by atoms with Gasteiger partial charge in [-0.25, -0.2) is 11.4 Å². The zero-order valence-corrected chi connectivity index (χ0v) is 7.70. The van der Waals surface area contributed by atoms with Gasteiger partial charge in [-0.3, -0.25) is 0 Å². The van der Waals surface area contributed by atoms with Crippen LogP contribution >= 0.6 is 0 Å². The Morgan fingerprint density at radius 1 is 1.31 bits per heavy atom. The standard InChI is InChI=1S/C11H10N2/c1-8-6-5-7-10(9(2)12-3)11(8)13-4/h5-7,9H,1-2H3. The van der Waals surface area contributed by atoms with Crippen LogP contribution in [0.3, 0.4) is 0 Å². The highest BCUT2D eigenvalue weighted by Crippen LogP contribution is 2.30. The van der Waals surface area contributed by atoms with E-state index in [2.05, 4.69) is 9.69 Å². The fourth-order valence-electron chi connectivity index (χ4n) is 1.24. The number of aryl methyl sites for hydroxylation is 1. The van der Waals surface area contributed by atoms with E-state index in [0.29, 0.717) is 5.69 Å². The van der Waals surface area contributed by atoms with E-state index >= 15 is 0 Å². The lowest BCUT2D eigenvalue weighted by Gasteiger charge is -2.04. The van der Waals surface area contributed by atoms with Gasteiger partial charge in [0.25, 0.3) is 0 Å². The van der Waals surface area contributed by atoms with Gasteiger partial charge in [-0.2, -0.15) is 0 Å². The van der Waals surface area contributed by atoms with Crippen molar-refractivity contribution < 1.29 is 0 Å². The Kier molecular flexibility index (Phi) is 2.67. The molecule has 1 rings (SSSR count). The van der Waals surface area contributed by atoms with Crippen LogP contribution in [-0.2, 0) is 0 Å². The first-order valence-electron chi connectivity index (χ1n) is 4.04. The summed E-state index contributed by atoms with van der Waals surface area (Å²) in [7, 11) is 0. The van der Waals surface area contributed by atoms with Crippen molar-refractivity contribution in [1.82, 2.24) is 0 Å². The van der Waals surface area contributed by atoms with Crippen LogP contribution in [0.2, 0.25) is 0 Å². The lowest BCUT2D eigenvalue weighted by Crippen LogP contribution is -1.88. The molecule has 0 bridgehead atoms. The molecule has 64 valence electrons. The van der Waals surface area contributed by atoms with Crippen LogP contribution in [0.4, 0.5) is 5.69 Å². The van der Waals surface area contributed by atoms with Crippen molar-refractivity contribution in [2.24, 2.45) is 0 Å². The molecule has 2 nitrogen and oxygen atoms in total. The third-order valence-electron chi connectivity index (χ3n) is 2.02. The van der Waals surface area contributed by atoms with E-state index in [1.807, 2.05) is 32.0 Å². The summed E-state index contributed by atoms with van der Waals surface area (Å²) in [6.45, 7) is 17.6. The summed E-state index contributed by atoms with van der Waals surface area (Å²) in [5, 5.41) is 0. The summed E-state index contributed by atoms with van der Waals surface area (Å²) in [5.74, 6) is 0. The Morgan fingerprint density at radius 3 is 2.54 bits per heavy atom. The highest BCUT2D eigenvalue weighted by Gasteiger charge is 2.14. The van der Waals surface area contributed by atoms with Gasteiger partial charge in [0.05, 0.1) is 6.57 Å². The molecule has 0 saturated heterocycles. The van der Waals surface area contributed by atoms with Crippen LogP contribution in [0.15, 0.2) is 18.2 Å². The molecule has 2 heteroatoms. The van der Waals surface area contributed by atoms with Gasteiger partial charge in [-0.05, 0) is 12.5 Å². The second-order valence-electron chi connectivity index (χ2n) is 2.93. The van der Waals surface area contributed by atoms with Crippen molar-refractivity contribution in [2.45, 2.75) is 19.9 Å². The molecule has 0 N–H and O–H groups in total. The zero-order chi connectivity index (χ0) is 9.84. The van der Waals surface area contributed by atoms with Crippen molar-refractivity contribution in [3.63, 3.8) is 0 Å². The maximum atomic E-state index is 7.02. The zero-order valence-electron chi connectivity index (χ0n) is 7.70. The molecule has 0 aromatic heterocycles. The van der Waals surface area contributed by atoms with Gasteiger partial charge in [0.2, 0.25) is 11.7 Å². The number of nitrogens with zero attached hydrogens (tertiary/aromatic N) is 2. The Balaban J connectivity index is 3.32. The molecule has 1 atom stereocenters. The highest BCUT2D eigenvalue weighted by molar-refractivity contribution is 5.59. The fraction of sp³-hybridized carbons (Fsp3) is 0.273. The Labute approximate surface area is 78.5 Å². The summed E-state index contributed by atoms with van der Waals surface area (Å²) in [4.78, 5) is 6.86. The number of benzene rings is 1. The first kappa shape index (κ1) is 9.29. The lowest BCUT2D eigenvalue weighted by atomic mass is 10.0. The van der Waals surface area contributed by atoms with Gasteiger partial charge < -0.3 is 4.85 Å². The van der Waals surface area contributed by atoms with Gasteiger partial charge in [0.15, 0.2) is 0 Å². The smallest absolute Gasteiger partial charge is 0.237 e. The third-order valence-corrected chi connectivity index (χ3v) is 2.02. The molecule has 0 saturated carbocycles. The monoisotopic (exact) mass is 170 g/mol. The quantitative estimate of drug-likeness (QED) is 0.570. The molecule has 1 aromatic rings. The minimum atomic E-state index is -0.219. The topological polar surface area (TPSA) is 8.72 Å². The SMILES string of the molecule is [C-]#[N+]c1c(C)cccc1C(C)[N+]#[C-]. The number of para-hydroxylation sites is 1. The normalized spacial score (nSPS) is 11.4. The number of hydrogen-bond donors (Lipinski definition) is 0. The van der Waals surface area contributed by atoms with Crippen LogP contribution in [0.25, 0.3) is 9.69 Å². The molecule has 0 aliphatic carbocycles. The van der Waals surface area contributed by atoms with Crippen molar-refractivity contribution in [1.29, 1.82) is 0 Å². The molecule has 1 aromatic carbocycles. The molecule has 13 heavy (non-hydrogen) atoms. The average Bonchev–Trinajstić information content (AvgIpc) is 2.16. The molecule has 0 amide bonds. The van der Waals surface area contributed by atoms with Crippen LogP contribution < -0.4 is 0 Å². The molecule has 0 aliphatic rings. The maximum absolute atomic E-state index is 7.02. The molecule has 1 unspecified atom stereocenters. The predicted molar refractivity (Wildman–Crippen MR) is 52.5 cm³/mol. The number of hydrogen-bond acceptors (Lipinski definition) is 0. The Bertz CT molecular complexity index is 394. The minimum absolute atomic E-state index is 0.219. The largest absolute Gasteiger partial charge is 0.310 e. The molecule has 0 fully saturated rings. The summed E-state index contributed by atoms with van der Waals surface area (Å²) in [6.07, 6.45) is 0. The molecular formula is C11H10N2. The van der Waals surface area contributed by atoms with E-state index in [-0.39, 0.29) is 6.04 Å². The van der Waals surface area contributed by atoms with Gasteiger partial charge in [-0.15, -0.1) is 0 Å². The summed E-state index contributed by atoms with van der Waals surface area (Å²) in [6, 6.07) is 5.42. The van der Waals surface area contributed by atoms with Gasteiger partial charge in [0.1, 0.15) is 0 Å². The van der Waals surface area contributed by atoms with E-state index < -0.39 is 0 Å². The van der Waals surface area contributed by atoms with E-state index in [0.717, 1.165) is 11.1 Å². The van der Waals surface area contributed by atoms with E-state index in [1.165, 1.54) is 0 Å².